The zero-order valence-corrected chi connectivity index (χ0v) is 17.7. The highest BCUT2D eigenvalue weighted by Crippen LogP contribution is 2.56. The molecule has 5 fully saturated rings. The molecule has 1 saturated heterocycles. The number of aliphatic carboxylic acids is 1. The minimum Gasteiger partial charge on any atom is -0.478 e. The van der Waals surface area contributed by atoms with Crippen molar-refractivity contribution < 1.29 is 39.9 Å². The van der Waals surface area contributed by atoms with Gasteiger partial charge in [0.1, 0.15) is 18.3 Å². The van der Waals surface area contributed by atoms with Crippen molar-refractivity contribution in [2.45, 2.75) is 93.6 Å². The molecular weight excluding hydrogens is 408 g/mol. The Labute approximate surface area is 181 Å². The molecule has 7 N–H and O–H groups in total. The second-order valence-electron chi connectivity index (χ2n) is 10.3. The number of hydrogen-bond donors (Lipinski definition) is 7. The molecule has 10 heteroatoms. The number of carboxylic acids is 1. The first-order valence-corrected chi connectivity index (χ1v) is 11.2. The lowest BCUT2D eigenvalue weighted by atomic mass is 9.52. The van der Waals surface area contributed by atoms with Crippen LogP contribution in [0.1, 0.15) is 51.9 Å². The van der Waals surface area contributed by atoms with Gasteiger partial charge >= 0.3 is 5.97 Å². The van der Waals surface area contributed by atoms with Gasteiger partial charge in [0.2, 0.25) is 11.6 Å². The van der Waals surface area contributed by atoms with E-state index in [1.165, 1.54) is 6.92 Å². The summed E-state index contributed by atoms with van der Waals surface area (Å²) in [4.78, 5) is 24.2. The topological polar surface area (TPSA) is 169 Å². The molecule has 176 valence electrons. The van der Waals surface area contributed by atoms with Gasteiger partial charge in [-0.15, -0.1) is 0 Å². The monoisotopic (exact) mass is 442 g/mol. The third-order valence-corrected chi connectivity index (χ3v) is 7.74. The summed E-state index contributed by atoms with van der Waals surface area (Å²) in [5.74, 6) is -0.187. The Morgan fingerprint density at radius 3 is 2.06 bits per heavy atom. The molecule has 6 unspecified atom stereocenters. The largest absolute Gasteiger partial charge is 0.478 e. The molecule has 0 radical (unpaired) electrons. The third kappa shape index (κ3) is 4.21. The first kappa shape index (κ1) is 22.9. The fraction of sp³-hybridized carbons (Fsp3) is 0.905. The molecular formula is C21H34N2O8. The van der Waals surface area contributed by atoms with Crippen LogP contribution in [-0.2, 0) is 14.3 Å². The fourth-order valence-corrected chi connectivity index (χ4v) is 6.98. The van der Waals surface area contributed by atoms with Crippen molar-refractivity contribution in [2.24, 2.45) is 17.8 Å². The molecule has 0 spiro atoms. The van der Waals surface area contributed by atoms with Crippen LogP contribution in [0.3, 0.4) is 0 Å². The van der Waals surface area contributed by atoms with Crippen LogP contribution in [0.5, 0.6) is 0 Å². The molecule has 1 aliphatic heterocycles. The van der Waals surface area contributed by atoms with Crippen molar-refractivity contribution >= 4 is 11.9 Å². The van der Waals surface area contributed by atoms with Gasteiger partial charge in [0.15, 0.2) is 0 Å². The first-order chi connectivity index (χ1) is 14.6. The van der Waals surface area contributed by atoms with Gasteiger partial charge in [-0.3, -0.25) is 10.1 Å². The van der Waals surface area contributed by atoms with E-state index < -0.39 is 60.2 Å². The highest BCUT2D eigenvalue weighted by molar-refractivity contribution is 5.78. The number of carbonyl (C=O) groups excluding carboxylic acids is 1. The van der Waals surface area contributed by atoms with E-state index >= 15 is 0 Å². The maximum Gasteiger partial charge on any atom is 0.351 e. The average molecular weight is 443 g/mol. The van der Waals surface area contributed by atoms with Gasteiger partial charge in [-0.2, -0.15) is 0 Å². The second-order valence-corrected chi connectivity index (χ2v) is 10.3. The Morgan fingerprint density at radius 1 is 1.06 bits per heavy atom. The van der Waals surface area contributed by atoms with E-state index in [0.717, 1.165) is 38.5 Å². The van der Waals surface area contributed by atoms with E-state index in [1.807, 2.05) is 0 Å². The van der Waals surface area contributed by atoms with Crippen LogP contribution >= 0.6 is 0 Å². The van der Waals surface area contributed by atoms with Crippen molar-refractivity contribution in [3.63, 3.8) is 0 Å². The maximum atomic E-state index is 12.5. The molecule has 4 aliphatic carbocycles. The molecule has 1 heterocycles. The van der Waals surface area contributed by atoms with Gasteiger partial charge in [0.25, 0.3) is 0 Å². The van der Waals surface area contributed by atoms with E-state index in [-0.39, 0.29) is 6.42 Å². The fourth-order valence-electron chi connectivity index (χ4n) is 6.98. The maximum absolute atomic E-state index is 12.5. The van der Waals surface area contributed by atoms with Crippen LogP contribution in [0.4, 0.5) is 0 Å². The average Bonchev–Trinajstić information content (AvgIpc) is 2.66. The minimum atomic E-state index is -1.99. The number of carbonyl (C=O) groups is 2. The second kappa shape index (κ2) is 8.24. The number of carboxylic acid groups (broad SMARTS) is 1. The van der Waals surface area contributed by atoms with E-state index in [4.69, 9.17) is 4.74 Å². The van der Waals surface area contributed by atoms with Crippen molar-refractivity contribution in [2.75, 3.05) is 6.61 Å². The van der Waals surface area contributed by atoms with Crippen LogP contribution in [0, 0.1) is 17.8 Å². The number of hydrogen-bond acceptors (Lipinski definition) is 8. The predicted molar refractivity (Wildman–Crippen MR) is 107 cm³/mol. The minimum absolute atomic E-state index is 0.326. The van der Waals surface area contributed by atoms with Crippen LogP contribution in [0.25, 0.3) is 0 Å². The molecule has 0 aromatic heterocycles. The zero-order chi connectivity index (χ0) is 22.6. The molecule has 0 aromatic carbocycles. The number of ether oxygens (including phenoxy) is 1. The van der Waals surface area contributed by atoms with Crippen molar-refractivity contribution in [1.82, 2.24) is 10.6 Å². The molecule has 31 heavy (non-hydrogen) atoms. The number of rotatable bonds is 7. The lowest BCUT2D eigenvalue weighted by molar-refractivity contribution is -0.248. The van der Waals surface area contributed by atoms with Crippen LogP contribution < -0.4 is 10.6 Å². The van der Waals surface area contributed by atoms with E-state index in [1.54, 1.807) is 0 Å². The van der Waals surface area contributed by atoms with E-state index in [0.29, 0.717) is 17.8 Å². The van der Waals surface area contributed by atoms with Crippen molar-refractivity contribution in [3.05, 3.63) is 0 Å². The Bertz CT molecular complexity index is 682. The molecule has 1 amide bonds. The smallest absolute Gasteiger partial charge is 0.351 e. The lowest BCUT2D eigenvalue weighted by Gasteiger charge is -2.60. The summed E-state index contributed by atoms with van der Waals surface area (Å²) in [5, 5.41) is 56.6. The summed E-state index contributed by atoms with van der Waals surface area (Å²) >= 11 is 0. The zero-order valence-electron chi connectivity index (χ0n) is 17.7. The molecule has 4 bridgehead atoms. The summed E-state index contributed by atoms with van der Waals surface area (Å²) in [5.41, 5.74) is -2.40. The third-order valence-electron chi connectivity index (χ3n) is 7.74. The molecule has 6 atom stereocenters. The van der Waals surface area contributed by atoms with Crippen LogP contribution in [0.2, 0.25) is 0 Å². The molecule has 0 aromatic rings. The van der Waals surface area contributed by atoms with Gasteiger partial charge < -0.3 is 35.6 Å². The predicted octanol–water partition coefficient (Wildman–Crippen LogP) is -1.31. The highest BCUT2D eigenvalue weighted by Gasteiger charge is 2.60. The normalized spacial score (nSPS) is 45.8. The number of nitrogens with one attached hydrogen (secondary N) is 2. The van der Waals surface area contributed by atoms with Crippen LogP contribution in [-0.4, -0.2) is 85.7 Å². The number of amides is 1. The van der Waals surface area contributed by atoms with Gasteiger partial charge in [-0.05, 0) is 56.3 Å². The summed E-state index contributed by atoms with van der Waals surface area (Å²) < 4.78 is 5.94. The molecule has 10 nitrogen and oxygen atoms in total. The summed E-state index contributed by atoms with van der Waals surface area (Å²) in [6, 6.07) is -1.14. The molecule has 5 rings (SSSR count). The SMILES string of the molecule is CC(=O)NC1C(O)CC(NC23CC4CC(CC(C4)C2)C3)(C(=O)O)OC1C(O)C(O)CO. The van der Waals surface area contributed by atoms with E-state index in [2.05, 4.69) is 10.6 Å². The summed E-state index contributed by atoms with van der Waals surface area (Å²) in [7, 11) is 0. The van der Waals surface area contributed by atoms with Gasteiger partial charge in [0, 0.05) is 18.9 Å². The van der Waals surface area contributed by atoms with Crippen molar-refractivity contribution in [1.29, 1.82) is 0 Å². The number of aliphatic hydroxyl groups is 4. The van der Waals surface area contributed by atoms with Gasteiger partial charge in [-0.25, -0.2) is 4.79 Å². The first-order valence-electron chi connectivity index (χ1n) is 11.2. The highest BCUT2D eigenvalue weighted by atomic mass is 16.6. The lowest BCUT2D eigenvalue weighted by Crippen LogP contribution is -2.75. The Balaban J connectivity index is 1.64. The standard InChI is InChI=1S/C21H34N2O8/c1-10(25)22-16-14(26)8-21(19(29)30,31-18(16)17(28)15(27)9-24)23-20-5-11-2-12(6-20)4-13(3-11)7-20/h11-18,23-24,26-28H,2-9H2,1H3,(H,22,25)(H,29,30). The Kier molecular flexibility index (Phi) is 6.08. The van der Waals surface area contributed by atoms with Gasteiger partial charge in [-0.1, -0.05) is 0 Å². The molecule has 4 saturated carbocycles. The quantitative estimate of drug-likeness (QED) is 0.253. The summed E-state index contributed by atoms with van der Waals surface area (Å²) in [6.45, 7) is 0.442. The van der Waals surface area contributed by atoms with Crippen LogP contribution in [0.15, 0.2) is 0 Å². The Morgan fingerprint density at radius 2 is 1.61 bits per heavy atom. The van der Waals surface area contributed by atoms with Gasteiger partial charge in [0.05, 0.1) is 18.8 Å². The summed E-state index contributed by atoms with van der Waals surface area (Å²) in [6.07, 6.45) is -0.427. The molecule has 5 aliphatic rings. The van der Waals surface area contributed by atoms with E-state index in [9.17, 15) is 35.1 Å². The van der Waals surface area contributed by atoms with Crippen molar-refractivity contribution in [3.8, 4) is 0 Å². The Hall–Kier alpha value is -1.30. The number of aliphatic hydroxyl groups excluding tert-OH is 4.